The molecule has 17 heteroatoms. The third kappa shape index (κ3) is 8.65. The fourth-order valence-electron chi connectivity index (χ4n) is 10.1. The zero-order chi connectivity index (χ0) is 42.4. The maximum atomic E-state index is 16.0. The van der Waals surface area contributed by atoms with Crippen LogP contribution in [0.3, 0.4) is 0 Å². The van der Waals surface area contributed by atoms with Gasteiger partial charge in [0.05, 0.1) is 34.5 Å². The van der Waals surface area contributed by atoms with E-state index in [2.05, 4.69) is 35.6 Å². The molecule has 2 aromatic carbocycles. The van der Waals surface area contributed by atoms with Gasteiger partial charge in [-0.1, -0.05) is 0 Å². The van der Waals surface area contributed by atoms with Gasteiger partial charge in [-0.15, -0.1) is 0 Å². The number of nitrogens with zero attached hydrogens (tertiary/aromatic N) is 6. The number of nitrogens with one attached hydrogen (secondary N) is 4. The fraction of sp³-hybridized carbons (Fsp3) is 0.523. The van der Waals surface area contributed by atoms with E-state index < -0.39 is 24.2 Å². The Kier molecular flexibility index (Phi) is 11.6. The lowest BCUT2D eigenvalue weighted by molar-refractivity contribution is -0.00339. The van der Waals surface area contributed by atoms with E-state index in [9.17, 15) is 19.8 Å². The van der Waals surface area contributed by atoms with Crippen molar-refractivity contribution in [3.63, 3.8) is 0 Å². The number of primary amides is 1. The van der Waals surface area contributed by atoms with Crippen LogP contribution in [-0.2, 0) is 0 Å². The molecule has 5 aliphatic rings. The summed E-state index contributed by atoms with van der Waals surface area (Å²) < 4.78 is 31.3. The highest BCUT2D eigenvalue weighted by Gasteiger charge is 2.36. The topological polar surface area (TPSA) is 182 Å². The van der Waals surface area contributed by atoms with Crippen LogP contribution in [0.25, 0.3) is 22.2 Å². The van der Waals surface area contributed by atoms with E-state index in [1.165, 1.54) is 12.1 Å². The van der Waals surface area contributed by atoms with Crippen molar-refractivity contribution in [3.05, 3.63) is 65.9 Å². The van der Waals surface area contributed by atoms with Crippen molar-refractivity contribution in [1.82, 2.24) is 30.4 Å². The number of aliphatic hydroxyl groups is 2. The van der Waals surface area contributed by atoms with E-state index in [0.717, 1.165) is 82.9 Å². The summed E-state index contributed by atoms with van der Waals surface area (Å²) >= 11 is 0. The van der Waals surface area contributed by atoms with Gasteiger partial charge in [-0.25, -0.2) is 18.6 Å². The highest BCUT2D eigenvalue weighted by Crippen LogP contribution is 2.38. The number of halogens is 2. The normalized spacial score (nSPS) is 25.7. The van der Waals surface area contributed by atoms with Crippen molar-refractivity contribution >= 4 is 45.7 Å². The van der Waals surface area contributed by atoms with Gasteiger partial charge in [-0.05, 0) is 93.8 Å². The first kappa shape index (κ1) is 41.1. The fourth-order valence-corrected chi connectivity index (χ4v) is 10.1. The Morgan fingerprint density at radius 2 is 1.70 bits per heavy atom. The molecule has 0 aliphatic carbocycles. The van der Waals surface area contributed by atoms with Gasteiger partial charge >= 0.3 is 6.03 Å². The predicted octanol–water partition coefficient (Wildman–Crippen LogP) is 3.83. The van der Waals surface area contributed by atoms with Gasteiger partial charge in [-0.2, -0.15) is 0 Å². The minimum absolute atomic E-state index is 0.0502. The second kappa shape index (κ2) is 17.3. The number of aromatic amines is 1. The van der Waals surface area contributed by atoms with E-state index in [1.807, 2.05) is 53.3 Å². The maximum Gasteiger partial charge on any atom is 0.318 e. The molecule has 5 saturated heterocycles. The van der Waals surface area contributed by atoms with E-state index in [4.69, 9.17) is 10.7 Å². The number of piperidine rings is 3. The summed E-state index contributed by atoms with van der Waals surface area (Å²) in [6, 6.07) is 11.9. The Balaban J connectivity index is 0.793. The van der Waals surface area contributed by atoms with E-state index in [0.29, 0.717) is 72.1 Å². The van der Waals surface area contributed by atoms with Crippen LogP contribution in [0.4, 0.5) is 36.5 Å². The Morgan fingerprint density at radius 1 is 0.902 bits per heavy atom. The second-order valence-corrected chi connectivity index (χ2v) is 17.6. The number of amides is 3. The number of H-pyrrole nitrogens is 1. The Morgan fingerprint density at radius 3 is 2.39 bits per heavy atom. The number of rotatable bonds is 10. The molecule has 0 spiro atoms. The Bertz CT molecular complexity index is 2230. The minimum atomic E-state index is -0.905. The zero-order valence-corrected chi connectivity index (χ0v) is 34.6. The number of benzene rings is 2. The third-order valence-electron chi connectivity index (χ3n) is 13.4. The number of hydrogen-bond donors (Lipinski definition) is 7. The Hall–Kier alpha value is -5.23. The maximum absolute atomic E-state index is 16.0. The molecule has 2 aromatic heterocycles. The highest BCUT2D eigenvalue weighted by molar-refractivity contribution is 6.10. The monoisotopic (exact) mass is 841 g/mol. The molecule has 15 nitrogen and oxygen atoms in total. The molecule has 5 atom stereocenters. The summed E-state index contributed by atoms with van der Waals surface area (Å²) in [7, 11) is 0. The number of nitrogens with two attached hydrogens (primary N) is 1. The lowest BCUT2D eigenvalue weighted by atomic mass is 9.95. The number of pyridine rings is 1. The number of urea groups is 1. The number of aromatic nitrogens is 2. The molecule has 4 aromatic rings. The minimum Gasteiger partial charge on any atom is -0.379 e. The molecule has 5 aliphatic heterocycles. The first-order valence-electron chi connectivity index (χ1n) is 21.8. The summed E-state index contributed by atoms with van der Waals surface area (Å²) in [5.41, 5.74) is 9.43. The standard InChI is InChI=1S/C44H57F2N11O4/c1-26-23-57(44(61)49-26)30-3-2-12-56(25-30)41-31-21-36(51-40(31)32(42(47)59)20-34(41)46)28-4-8-38(48-22-28)55-17-15-53(16-18-55)24-27-10-13-54(14-11-27)37-7-5-29(19-33(37)45)50-35-6-9-39(58)52-43(35)60/h4-5,7-8,19-22,26-27,30,35,39,43,50-52,58,60H,2-3,6,9-18,23-25H2,1H3,(H2,47,59)(H,49,61)/t26-,30-,35?,39?,43?/m1/s1. The van der Waals surface area contributed by atoms with Crippen molar-refractivity contribution < 1.29 is 28.6 Å². The molecule has 3 amide bonds. The average molecular weight is 842 g/mol. The molecule has 61 heavy (non-hydrogen) atoms. The summed E-state index contributed by atoms with van der Waals surface area (Å²) in [6.45, 7) is 9.83. The lowest BCUT2D eigenvalue weighted by Crippen LogP contribution is -2.53. The van der Waals surface area contributed by atoms with E-state index in [-0.39, 0.29) is 35.5 Å². The van der Waals surface area contributed by atoms with E-state index in [1.54, 1.807) is 0 Å². The largest absolute Gasteiger partial charge is 0.379 e. The molecular weight excluding hydrogens is 785 g/mol. The number of carbonyl (C=O) groups excluding carboxylic acids is 2. The molecule has 7 heterocycles. The smallest absolute Gasteiger partial charge is 0.318 e. The first-order chi connectivity index (χ1) is 29.5. The third-order valence-corrected chi connectivity index (χ3v) is 13.4. The number of hydrogen-bond acceptors (Lipinski definition) is 11. The van der Waals surface area contributed by atoms with Gasteiger partial charge in [0, 0.05) is 100 Å². The zero-order valence-electron chi connectivity index (χ0n) is 34.6. The number of fused-ring (bicyclic) bond motifs is 1. The van der Waals surface area contributed by atoms with Crippen LogP contribution in [0.15, 0.2) is 48.7 Å². The van der Waals surface area contributed by atoms with Crippen LogP contribution in [0.2, 0.25) is 0 Å². The SMILES string of the molecule is C[C@@H]1CN([C@@H]2CCCN(c3c(F)cc(C(N)=O)c4[nH]c(-c5ccc(N6CCN(CC7CCN(c8ccc(NC9CCC(O)NC9O)cc8F)CC7)CC6)nc5)cc34)C2)C(=O)N1. The summed E-state index contributed by atoms with van der Waals surface area (Å²) in [5, 5.41) is 29.4. The van der Waals surface area contributed by atoms with Crippen LogP contribution >= 0.6 is 0 Å². The van der Waals surface area contributed by atoms with Crippen molar-refractivity contribution in [3.8, 4) is 11.3 Å². The van der Waals surface area contributed by atoms with Gasteiger partial charge in [0.15, 0.2) is 0 Å². The quantitative estimate of drug-likeness (QED) is 0.123. The highest BCUT2D eigenvalue weighted by atomic mass is 19.1. The molecule has 8 N–H and O–H groups in total. The first-order valence-corrected chi connectivity index (χ1v) is 21.8. The van der Waals surface area contributed by atoms with Gasteiger partial charge in [-0.3, -0.25) is 15.0 Å². The summed E-state index contributed by atoms with van der Waals surface area (Å²) in [6.07, 6.45) is 4.89. The van der Waals surface area contributed by atoms with Crippen molar-refractivity contribution in [2.24, 2.45) is 11.7 Å². The molecule has 3 unspecified atom stereocenters. The van der Waals surface area contributed by atoms with Gasteiger partial charge < -0.3 is 51.2 Å². The predicted molar refractivity (Wildman–Crippen MR) is 232 cm³/mol. The van der Waals surface area contributed by atoms with Crippen molar-refractivity contribution in [1.29, 1.82) is 0 Å². The van der Waals surface area contributed by atoms with Gasteiger partial charge in [0.2, 0.25) is 0 Å². The molecule has 326 valence electrons. The number of aliphatic hydroxyl groups excluding tert-OH is 2. The van der Waals surface area contributed by atoms with Crippen LogP contribution in [-0.4, -0.2) is 138 Å². The van der Waals surface area contributed by atoms with E-state index >= 15 is 8.78 Å². The lowest BCUT2D eigenvalue weighted by Gasteiger charge is -2.39. The van der Waals surface area contributed by atoms with Crippen LogP contribution in [0.5, 0.6) is 0 Å². The van der Waals surface area contributed by atoms with Crippen molar-refractivity contribution in [2.45, 2.75) is 76.0 Å². The molecule has 0 radical (unpaired) electrons. The van der Waals surface area contributed by atoms with Crippen LogP contribution in [0.1, 0.15) is 55.8 Å². The van der Waals surface area contributed by atoms with Crippen LogP contribution < -0.4 is 36.4 Å². The van der Waals surface area contributed by atoms with Crippen LogP contribution in [0, 0.1) is 17.6 Å². The Labute approximate surface area is 354 Å². The summed E-state index contributed by atoms with van der Waals surface area (Å²) in [5.74, 6) is -0.104. The van der Waals surface area contributed by atoms with Crippen molar-refractivity contribution in [2.75, 3.05) is 85.5 Å². The number of piperazine rings is 1. The van der Waals surface area contributed by atoms with Gasteiger partial charge in [0.1, 0.15) is 29.9 Å². The molecule has 9 rings (SSSR count). The summed E-state index contributed by atoms with van der Waals surface area (Å²) in [4.78, 5) is 44.1. The van der Waals surface area contributed by atoms with Gasteiger partial charge in [0.25, 0.3) is 5.91 Å². The number of anilines is 4. The average Bonchev–Trinajstić information content (AvgIpc) is 3.84. The molecular formula is C44H57F2N11O4. The second-order valence-electron chi connectivity index (χ2n) is 17.6. The molecule has 0 saturated carbocycles. The number of carbonyl (C=O) groups is 2. The molecule has 0 bridgehead atoms. The molecule has 5 fully saturated rings.